The summed E-state index contributed by atoms with van der Waals surface area (Å²) in [6.07, 6.45) is 3.97. The lowest BCUT2D eigenvalue weighted by Gasteiger charge is -2.07. The van der Waals surface area contributed by atoms with Crippen LogP contribution in [0.2, 0.25) is 0 Å². The average molecular weight is 300 g/mol. The van der Waals surface area contributed by atoms with E-state index in [0.29, 0.717) is 6.54 Å². The summed E-state index contributed by atoms with van der Waals surface area (Å²) < 4.78 is 2.97. The minimum Gasteiger partial charge on any atom is -0.324 e. The number of carbonyl (C=O) groups excluding carboxylic acids is 1. The Bertz CT molecular complexity index is 745. The van der Waals surface area contributed by atoms with Gasteiger partial charge in [-0.15, -0.1) is 0 Å². The number of rotatable bonds is 3. The van der Waals surface area contributed by atoms with Gasteiger partial charge in [0.15, 0.2) is 0 Å². The molecule has 116 valence electrons. The Labute approximate surface area is 128 Å². The van der Waals surface area contributed by atoms with E-state index in [9.17, 15) is 9.59 Å². The second kappa shape index (κ2) is 6.17. The van der Waals surface area contributed by atoms with Crippen molar-refractivity contribution in [1.82, 2.24) is 14.3 Å². The molecule has 0 fully saturated rings. The van der Waals surface area contributed by atoms with Crippen molar-refractivity contribution < 1.29 is 4.79 Å². The molecule has 1 aromatic carbocycles. The van der Waals surface area contributed by atoms with Gasteiger partial charge < -0.3 is 5.32 Å². The van der Waals surface area contributed by atoms with Gasteiger partial charge in [0.05, 0.1) is 0 Å². The van der Waals surface area contributed by atoms with E-state index in [1.807, 2.05) is 31.2 Å². The molecule has 1 aliphatic heterocycles. The number of para-hydroxylation sites is 1. The van der Waals surface area contributed by atoms with Gasteiger partial charge in [0.25, 0.3) is 0 Å². The van der Waals surface area contributed by atoms with E-state index >= 15 is 0 Å². The first-order valence-electron chi connectivity index (χ1n) is 7.67. The average Bonchev–Trinajstić information content (AvgIpc) is 2.67. The van der Waals surface area contributed by atoms with Crippen LogP contribution in [-0.2, 0) is 24.3 Å². The van der Waals surface area contributed by atoms with Crippen LogP contribution in [0.4, 0.5) is 5.69 Å². The van der Waals surface area contributed by atoms with Crippen LogP contribution in [0.1, 0.15) is 30.7 Å². The van der Waals surface area contributed by atoms with Gasteiger partial charge in [-0.3, -0.25) is 9.36 Å². The SMILES string of the molecule is Cc1ccccc1NC(=O)Cn1nc2n(c1=O)CCCCC2. The molecule has 0 bridgehead atoms. The highest BCUT2D eigenvalue weighted by molar-refractivity contribution is 5.91. The predicted molar refractivity (Wildman–Crippen MR) is 83.9 cm³/mol. The molecule has 2 heterocycles. The van der Waals surface area contributed by atoms with Gasteiger partial charge in [-0.1, -0.05) is 24.6 Å². The minimum absolute atomic E-state index is 0.0484. The standard InChI is InChI=1S/C16H20N4O2/c1-12-7-4-5-8-13(12)17-15(21)11-20-16(22)19-10-6-2-3-9-14(19)18-20/h4-5,7-8H,2-3,6,9-11H2,1H3,(H,17,21). The minimum atomic E-state index is -0.232. The number of carbonyl (C=O) groups is 1. The molecular weight excluding hydrogens is 280 g/mol. The van der Waals surface area contributed by atoms with Crippen molar-refractivity contribution in [3.8, 4) is 0 Å². The molecule has 0 spiro atoms. The molecule has 6 heteroatoms. The Morgan fingerprint density at radius 1 is 1.27 bits per heavy atom. The van der Waals surface area contributed by atoms with Gasteiger partial charge in [-0.25, -0.2) is 9.48 Å². The first-order valence-corrected chi connectivity index (χ1v) is 7.67. The van der Waals surface area contributed by atoms with Crippen LogP contribution < -0.4 is 11.0 Å². The van der Waals surface area contributed by atoms with E-state index in [4.69, 9.17) is 0 Å². The van der Waals surface area contributed by atoms with Crippen molar-refractivity contribution >= 4 is 11.6 Å². The number of hydrogen-bond donors (Lipinski definition) is 1. The highest BCUT2D eigenvalue weighted by Gasteiger charge is 2.17. The smallest absolute Gasteiger partial charge is 0.324 e. The number of fused-ring (bicyclic) bond motifs is 1. The Morgan fingerprint density at radius 2 is 2.09 bits per heavy atom. The lowest BCUT2D eigenvalue weighted by atomic mass is 10.2. The number of anilines is 1. The zero-order valence-electron chi connectivity index (χ0n) is 12.7. The molecule has 22 heavy (non-hydrogen) atoms. The second-order valence-electron chi connectivity index (χ2n) is 5.68. The summed E-state index contributed by atoms with van der Waals surface area (Å²) in [4.78, 5) is 24.5. The van der Waals surface area contributed by atoms with E-state index < -0.39 is 0 Å². The molecule has 1 aromatic heterocycles. The molecule has 0 unspecified atom stereocenters. The Morgan fingerprint density at radius 3 is 2.91 bits per heavy atom. The third kappa shape index (κ3) is 2.95. The fourth-order valence-electron chi connectivity index (χ4n) is 2.77. The summed E-state index contributed by atoms with van der Waals surface area (Å²) in [6, 6.07) is 7.56. The number of amides is 1. The molecule has 0 aliphatic carbocycles. The molecule has 1 N–H and O–H groups in total. The van der Waals surface area contributed by atoms with E-state index in [-0.39, 0.29) is 18.1 Å². The number of nitrogens with one attached hydrogen (secondary N) is 1. The number of nitrogens with zero attached hydrogens (tertiary/aromatic N) is 3. The molecule has 0 radical (unpaired) electrons. The third-order valence-corrected chi connectivity index (χ3v) is 3.99. The van der Waals surface area contributed by atoms with Crippen LogP contribution >= 0.6 is 0 Å². The van der Waals surface area contributed by atoms with E-state index in [0.717, 1.165) is 42.8 Å². The van der Waals surface area contributed by atoms with Crippen molar-refractivity contribution in [3.63, 3.8) is 0 Å². The van der Waals surface area contributed by atoms with Gasteiger partial charge >= 0.3 is 5.69 Å². The van der Waals surface area contributed by atoms with E-state index in [1.165, 1.54) is 4.68 Å². The highest BCUT2D eigenvalue weighted by atomic mass is 16.2. The summed E-state index contributed by atoms with van der Waals surface area (Å²) >= 11 is 0. The maximum absolute atomic E-state index is 12.3. The molecule has 1 aliphatic rings. The number of hydrogen-bond acceptors (Lipinski definition) is 3. The lowest BCUT2D eigenvalue weighted by Crippen LogP contribution is -2.30. The predicted octanol–water partition coefficient (Wildman–Crippen LogP) is 1.72. The summed E-state index contributed by atoms with van der Waals surface area (Å²) in [5.74, 6) is 0.566. The summed E-state index contributed by atoms with van der Waals surface area (Å²) in [6.45, 7) is 2.58. The zero-order valence-corrected chi connectivity index (χ0v) is 12.7. The molecule has 1 amide bonds. The quantitative estimate of drug-likeness (QED) is 0.938. The number of aromatic nitrogens is 3. The topological polar surface area (TPSA) is 68.9 Å². The van der Waals surface area contributed by atoms with Gasteiger partial charge in [-0.2, -0.15) is 5.10 Å². The molecule has 0 atom stereocenters. The Hall–Kier alpha value is -2.37. The first-order chi connectivity index (χ1) is 10.6. The number of aryl methyl sites for hydroxylation is 2. The van der Waals surface area contributed by atoms with Gasteiger partial charge in [0.2, 0.25) is 5.91 Å². The number of benzene rings is 1. The van der Waals surface area contributed by atoms with Crippen LogP contribution in [0, 0.1) is 6.92 Å². The normalized spacial score (nSPS) is 14.2. The highest BCUT2D eigenvalue weighted by Crippen LogP contribution is 2.13. The van der Waals surface area contributed by atoms with Crippen molar-refractivity contribution in [2.24, 2.45) is 0 Å². The fraction of sp³-hybridized carbons (Fsp3) is 0.438. The summed E-state index contributed by atoms with van der Waals surface area (Å²) in [5, 5.41) is 7.15. The monoisotopic (exact) mass is 300 g/mol. The van der Waals surface area contributed by atoms with Crippen LogP contribution in [0.15, 0.2) is 29.1 Å². The van der Waals surface area contributed by atoms with E-state index in [1.54, 1.807) is 4.57 Å². The van der Waals surface area contributed by atoms with Crippen molar-refractivity contribution in [1.29, 1.82) is 0 Å². The Balaban J connectivity index is 1.75. The van der Waals surface area contributed by atoms with Crippen LogP contribution in [-0.4, -0.2) is 20.3 Å². The molecule has 0 saturated heterocycles. The van der Waals surface area contributed by atoms with Crippen molar-refractivity contribution in [2.45, 2.75) is 45.7 Å². The summed E-state index contributed by atoms with van der Waals surface area (Å²) in [7, 11) is 0. The molecule has 0 saturated carbocycles. The van der Waals surface area contributed by atoms with E-state index in [2.05, 4.69) is 10.4 Å². The lowest BCUT2D eigenvalue weighted by molar-refractivity contribution is -0.117. The molecule has 3 rings (SSSR count). The van der Waals surface area contributed by atoms with Crippen LogP contribution in [0.5, 0.6) is 0 Å². The first kappa shape index (κ1) is 14.6. The van der Waals surface area contributed by atoms with Crippen LogP contribution in [0.3, 0.4) is 0 Å². The third-order valence-electron chi connectivity index (χ3n) is 3.99. The molecule has 2 aromatic rings. The molecular formula is C16H20N4O2. The maximum atomic E-state index is 12.3. The largest absolute Gasteiger partial charge is 0.346 e. The Kier molecular flexibility index (Phi) is 4.09. The van der Waals surface area contributed by atoms with Gasteiger partial charge in [-0.05, 0) is 31.4 Å². The summed E-state index contributed by atoms with van der Waals surface area (Å²) in [5.41, 5.74) is 1.57. The van der Waals surface area contributed by atoms with Gasteiger partial charge in [0, 0.05) is 18.7 Å². The fourth-order valence-corrected chi connectivity index (χ4v) is 2.77. The zero-order chi connectivity index (χ0) is 15.5. The van der Waals surface area contributed by atoms with Crippen molar-refractivity contribution in [2.75, 3.05) is 5.32 Å². The van der Waals surface area contributed by atoms with Crippen molar-refractivity contribution in [3.05, 3.63) is 46.1 Å². The second-order valence-corrected chi connectivity index (χ2v) is 5.68. The van der Waals surface area contributed by atoms with Gasteiger partial charge in [0.1, 0.15) is 12.4 Å². The molecule has 6 nitrogen and oxygen atoms in total. The van der Waals surface area contributed by atoms with Crippen LogP contribution in [0.25, 0.3) is 0 Å². The maximum Gasteiger partial charge on any atom is 0.346 e.